The van der Waals surface area contributed by atoms with Gasteiger partial charge in [0, 0.05) is 12.2 Å². The van der Waals surface area contributed by atoms with Gasteiger partial charge in [0.2, 0.25) is 0 Å². The van der Waals surface area contributed by atoms with Gasteiger partial charge in [-0.05, 0) is 48.8 Å². The molecule has 0 aliphatic carbocycles. The van der Waals surface area contributed by atoms with Crippen molar-refractivity contribution in [1.29, 1.82) is 0 Å². The molecular weight excluding hydrogens is 437 g/mol. The Morgan fingerprint density at radius 1 is 1.29 bits per heavy atom. The normalized spacial score (nSPS) is 19.3. The number of hydrogen-bond donors (Lipinski definition) is 2. The average Bonchev–Trinajstić information content (AvgIpc) is 2.54. The van der Waals surface area contributed by atoms with Gasteiger partial charge < -0.3 is 11.1 Å². The fraction of sp³-hybridized carbons (Fsp3) is 0.588. The lowest BCUT2D eigenvalue weighted by atomic mass is 9.99. The molecular formula is C17H28IN3O2S. The summed E-state index contributed by atoms with van der Waals surface area (Å²) in [6.07, 6.45) is 2.49. The molecule has 7 heteroatoms. The molecule has 0 amide bonds. The van der Waals surface area contributed by atoms with E-state index in [0.29, 0.717) is 37.2 Å². The summed E-state index contributed by atoms with van der Waals surface area (Å²) in [6, 6.07) is 8.24. The first kappa shape index (κ1) is 21.2. The van der Waals surface area contributed by atoms with Crippen LogP contribution in [0.1, 0.15) is 44.6 Å². The molecule has 5 nitrogen and oxygen atoms in total. The maximum absolute atomic E-state index is 11.4. The van der Waals surface area contributed by atoms with Crippen molar-refractivity contribution in [1.82, 2.24) is 0 Å². The van der Waals surface area contributed by atoms with E-state index in [9.17, 15) is 8.42 Å². The summed E-state index contributed by atoms with van der Waals surface area (Å²) < 4.78 is 22.8. The SMILES string of the molecule is CCC(C)c1ccc(NC(N)=NCC2CCS(=O)(=O)CC2)cc1.I. The number of hydrogen-bond acceptors (Lipinski definition) is 3. The molecule has 0 saturated carbocycles. The third kappa shape index (κ3) is 6.58. The minimum absolute atomic E-state index is 0. The van der Waals surface area contributed by atoms with E-state index in [4.69, 9.17) is 5.73 Å². The minimum Gasteiger partial charge on any atom is -0.370 e. The third-order valence-electron chi connectivity index (χ3n) is 4.56. The fourth-order valence-electron chi connectivity index (χ4n) is 2.67. The zero-order valence-corrected chi connectivity index (χ0v) is 17.5. The molecule has 24 heavy (non-hydrogen) atoms. The molecule has 3 N–H and O–H groups in total. The molecule has 1 aromatic rings. The molecule has 0 bridgehead atoms. The Balaban J connectivity index is 0.00000288. The van der Waals surface area contributed by atoms with Crippen LogP contribution in [0.25, 0.3) is 0 Å². The van der Waals surface area contributed by atoms with E-state index in [1.165, 1.54) is 5.56 Å². The van der Waals surface area contributed by atoms with Crippen LogP contribution in [0.2, 0.25) is 0 Å². The zero-order chi connectivity index (χ0) is 16.9. The molecule has 136 valence electrons. The van der Waals surface area contributed by atoms with Gasteiger partial charge in [-0.3, -0.25) is 4.99 Å². The van der Waals surface area contributed by atoms with Crippen LogP contribution >= 0.6 is 24.0 Å². The molecule has 1 atom stereocenters. The second-order valence-corrected chi connectivity index (χ2v) is 8.68. The highest BCUT2D eigenvalue weighted by molar-refractivity contribution is 14.0. The van der Waals surface area contributed by atoms with Gasteiger partial charge in [-0.1, -0.05) is 26.0 Å². The third-order valence-corrected chi connectivity index (χ3v) is 6.27. The topological polar surface area (TPSA) is 84.5 Å². The predicted octanol–water partition coefficient (Wildman–Crippen LogP) is 3.37. The monoisotopic (exact) mass is 465 g/mol. The Bertz CT molecular complexity index is 630. The molecule has 1 aliphatic heterocycles. The van der Waals surface area contributed by atoms with E-state index in [1.807, 2.05) is 12.1 Å². The molecule has 2 rings (SSSR count). The summed E-state index contributed by atoms with van der Waals surface area (Å²) in [5.41, 5.74) is 8.16. The Morgan fingerprint density at radius 2 is 1.88 bits per heavy atom. The Kier molecular flexibility index (Phi) is 8.49. The van der Waals surface area contributed by atoms with Crippen LogP contribution in [0.15, 0.2) is 29.3 Å². The van der Waals surface area contributed by atoms with E-state index in [1.54, 1.807) is 0 Å². The van der Waals surface area contributed by atoms with Crippen molar-refractivity contribution in [2.24, 2.45) is 16.6 Å². The summed E-state index contributed by atoms with van der Waals surface area (Å²) in [6.45, 7) is 4.97. The number of nitrogens with one attached hydrogen (secondary N) is 1. The smallest absolute Gasteiger partial charge is 0.193 e. The molecule has 1 fully saturated rings. The quantitative estimate of drug-likeness (QED) is 0.397. The fourth-order valence-corrected chi connectivity index (χ4v) is 4.26. The van der Waals surface area contributed by atoms with Crippen molar-refractivity contribution in [3.05, 3.63) is 29.8 Å². The highest BCUT2D eigenvalue weighted by Crippen LogP contribution is 2.21. The molecule has 0 spiro atoms. The number of rotatable bonds is 5. The van der Waals surface area contributed by atoms with E-state index >= 15 is 0 Å². The maximum Gasteiger partial charge on any atom is 0.193 e. The van der Waals surface area contributed by atoms with Crippen LogP contribution in [0.3, 0.4) is 0 Å². The highest BCUT2D eigenvalue weighted by Gasteiger charge is 2.23. The zero-order valence-electron chi connectivity index (χ0n) is 14.4. The first-order valence-corrected chi connectivity index (χ1v) is 10.1. The lowest BCUT2D eigenvalue weighted by Crippen LogP contribution is -2.27. The van der Waals surface area contributed by atoms with Gasteiger partial charge in [0.15, 0.2) is 5.96 Å². The van der Waals surface area contributed by atoms with E-state index in [0.717, 1.165) is 12.1 Å². The molecule has 1 saturated heterocycles. The number of nitrogens with two attached hydrogens (primary N) is 1. The predicted molar refractivity (Wildman–Crippen MR) is 112 cm³/mol. The van der Waals surface area contributed by atoms with E-state index in [-0.39, 0.29) is 35.5 Å². The molecule has 0 aromatic heterocycles. The average molecular weight is 465 g/mol. The Labute approximate surface area is 162 Å². The van der Waals surface area contributed by atoms with E-state index < -0.39 is 9.84 Å². The maximum atomic E-state index is 11.4. The number of sulfone groups is 1. The van der Waals surface area contributed by atoms with Crippen LogP contribution in [0.4, 0.5) is 5.69 Å². The second-order valence-electron chi connectivity index (χ2n) is 6.38. The van der Waals surface area contributed by atoms with Gasteiger partial charge >= 0.3 is 0 Å². The molecule has 1 aromatic carbocycles. The van der Waals surface area contributed by atoms with Crippen molar-refractivity contribution in [2.45, 2.75) is 39.0 Å². The number of aliphatic imine (C=N–C) groups is 1. The molecule has 1 aliphatic rings. The van der Waals surface area contributed by atoms with Gasteiger partial charge in [-0.25, -0.2) is 8.42 Å². The Hall–Kier alpha value is -0.830. The van der Waals surface area contributed by atoms with Crippen LogP contribution in [-0.4, -0.2) is 32.4 Å². The number of benzene rings is 1. The minimum atomic E-state index is -2.81. The van der Waals surface area contributed by atoms with Gasteiger partial charge in [0.1, 0.15) is 9.84 Å². The van der Waals surface area contributed by atoms with Crippen molar-refractivity contribution < 1.29 is 8.42 Å². The van der Waals surface area contributed by atoms with Crippen molar-refractivity contribution in [3.63, 3.8) is 0 Å². The van der Waals surface area contributed by atoms with Crippen LogP contribution in [0, 0.1) is 5.92 Å². The second kappa shape index (κ2) is 9.60. The molecule has 1 heterocycles. The summed E-state index contributed by atoms with van der Waals surface area (Å²) in [5, 5.41) is 3.09. The number of anilines is 1. The van der Waals surface area contributed by atoms with Crippen LogP contribution in [0.5, 0.6) is 0 Å². The summed E-state index contributed by atoms with van der Waals surface area (Å²) in [4.78, 5) is 4.35. The number of guanidine groups is 1. The lowest BCUT2D eigenvalue weighted by molar-refractivity contribution is 0.475. The lowest BCUT2D eigenvalue weighted by Gasteiger charge is -2.20. The van der Waals surface area contributed by atoms with E-state index in [2.05, 4.69) is 36.3 Å². The van der Waals surface area contributed by atoms with Crippen LogP contribution in [-0.2, 0) is 9.84 Å². The summed E-state index contributed by atoms with van der Waals surface area (Å²) in [7, 11) is -2.81. The van der Waals surface area contributed by atoms with Crippen molar-refractivity contribution in [2.75, 3.05) is 23.4 Å². The summed E-state index contributed by atoms with van der Waals surface area (Å²) >= 11 is 0. The van der Waals surface area contributed by atoms with Gasteiger partial charge in [-0.2, -0.15) is 0 Å². The first-order chi connectivity index (χ1) is 10.9. The summed E-state index contributed by atoms with van der Waals surface area (Å²) in [5.74, 6) is 1.80. The molecule has 0 radical (unpaired) electrons. The van der Waals surface area contributed by atoms with Crippen molar-refractivity contribution >= 4 is 45.5 Å². The van der Waals surface area contributed by atoms with Crippen LogP contribution < -0.4 is 11.1 Å². The molecule has 1 unspecified atom stereocenters. The largest absolute Gasteiger partial charge is 0.370 e. The first-order valence-electron chi connectivity index (χ1n) is 8.27. The number of nitrogens with zero attached hydrogens (tertiary/aromatic N) is 1. The Morgan fingerprint density at radius 3 is 2.42 bits per heavy atom. The van der Waals surface area contributed by atoms with Crippen molar-refractivity contribution in [3.8, 4) is 0 Å². The standard InChI is InChI=1S/C17H27N3O2S.HI/c1-3-13(2)15-4-6-16(7-5-15)20-17(18)19-12-14-8-10-23(21,22)11-9-14;/h4-7,13-14H,3,8-12H2,1-2H3,(H3,18,19,20);1H. The van der Waals surface area contributed by atoms with Gasteiger partial charge in [0.25, 0.3) is 0 Å². The van der Waals surface area contributed by atoms with Gasteiger partial charge in [0.05, 0.1) is 11.5 Å². The van der Waals surface area contributed by atoms with Gasteiger partial charge in [-0.15, -0.1) is 24.0 Å². The highest BCUT2D eigenvalue weighted by atomic mass is 127. The number of halogens is 1.